The van der Waals surface area contributed by atoms with Gasteiger partial charge in [-0.15, -0.1) is 11.3 Å². The average molecular weight is 370 g/mol. The zero-order valence-electron chi connectivity index (χ0n) is 12.9. The molecule has 2 rings (SSSR count). The van der Waals surface area contributed by atoms with E-state index in [9.17, 15) is 4.79 Å². The van der Waals surface area contributed by atoms with E-state index in [0.29, 0.717) is 15.8 Å². The Morgan fingerprint density at radius 1 is 1.57 bits per heavy atom. The Hall–Kier alpha value is -1.44. The maximum atomic E-state index is 12.4. The Kier molecular flexibility index (Phi) is 6.56. The van der Waals surface area contributed by atoms with Crippen LogP contribution in [0.25, 0.3) is 10.6 Å². The highest BCUT2D eigenvalue weighted by molar-refractivity contribution is 7.98. The second-order valence-corrected chi connectivity index (χ2v) is 6.96. The Balaban J connectivity index is 2.28. The van der Waals surface area contributed by atoms with Crippen LogP contribution in [-0.4, -0.2) is 40.9 Å². The number of carbonyl (C=O) groups excluding carboxylic acids is 1. The van der Waals surface area contributed by atoms with Crippen LogP contribution >= 0.6 is 34.7 Å². The molecule has 0 bridgehead atoms. The number of ether oxygens (including phenoxy) is 1. The molecular formula is C15H16ClN3O2S2. The summed E-state index contributed by atoms with van der Waals surface area (Å²) in [5, 5.41) is 0.786. The van der Waals surface area contributed by atoms with E-state index < -0.39 is 5.91 Å². The molecule has 0 spiro atoms. The fourth-order valence-electron chi connectivity index (χ4n) is 1.88. The fraction of sp³-hybridized carbons (Fsp3) is 0.333. The van der Waals surface area contributed by atoms with Crippen LogP contribution in [0.2, 0.25) is 5.15 Å². The van der Waals surface area contributed by atoms with Gasteiger partial charge >= 0.3 is 0 Å². The number of pyridine rings is 1. The third kappa shape index (κ3) is 4.53. The maximum absolute atomic E-state index is 12.4. The number of rotatable bonds is 5. The molecule has 1 amide bonds. The molecule has 0 aliphatic carbocycles. The standard InChI is InChI=1S/C15H16ClN3O2S2/c1-9(8-22-3)14(21-2)19-13(20)11-12(16)18-15(23-11)10-5-4-6-17-7-10/h4-7,9H,8H2,1-3H3. The van der Waals surface area contributed by atoms with Gasteiger partial charge in [0.25, 0.3) is 5.91 Å². The molecule has 0 fully saturated rings. The molecule has 2 aromatic heterocycles. The second kappa shape index (κ2) is 8.42. The molecule has 0 N–H and O–H groups in total. The predicted molar refractivity (Wildman–Crippen MR) is 96.7 cm³/mol. The lowest BCUT2D eigenvalue weighted by Gasteiger charge is -2.11. The minimum absolute atomic E-state index is 0.0449. The van der Waals surface area contributed by atoms with Crippen molar-refractivity contribution < 1.29 is 9.53 Å². The smallest absolute Gasteiger partial charge is 0.293 e. The number of methoxy groups -OCH3 is 1. The molecule has 0 saturated carbocycles. The van der Waals surface area contributed by atoms with Crippen molar-refractivity contribution in [1.29, 1.82) is 0 Å². The number of thiazole rings is 1. The molecule has 0 radical (unpaired) electrons. The highest BCUT2D eigenvalue weighted by Gasteiger charge is 2.20. The van der Waals surface area contributed by atoms with E-state index >= 15 is 0 Å². The summed E-state index contributed by atoms with van der Waals surface area (Å²) in [5.74, 6) is 0.824. The first-order valence-electron chi connectivity index (χ1n) is 6.79. The Morgan fingerprint density at radius 3 is 2.96 bits per heavy atom. The topological polar surface area (TPSA) is 64.4 Å². The third-order valence-electron chi connectivity index (χ3n) is 2.95. The van der Waals surface area contributed by atoms with Crippen LogP contribution < -0.4 is 0 Å². The summed E-state index contributed by atoms with van der Waals surface area (Å²) in [7, 11) is 1.51. The van der Waals surface area contributed by atoms with E-state index in [4.69, 9.17) is 16.3 Å². The third-order valence-corrected chi connectivity index (χ3v) is 5.26. The van der Waals surface area contributed by atoms with Gasteiger partial charge in [0.05, 0.1) is 7.11 Å². The minimum atomic E-state index is -0.438. The van der Waals surface area contributed by atoms with Crippen LogP contribution in [0.3, 0.4) is 0 Å². The lowest BCUT2D eigenvalue weighted by molar-refractivity contribution is 0.100. The summed E-state index contributed by atoms with van der Waals surface area (Å²) in [6, 6.07) is 3.66. The number of aliphatic imine (C=N–C) groups is 1. The maximum Gasteiger partial charge on any atom is 0.293 e. The van der Waals surface area contributed by atoms with Crippen molar-refractivity contribution in [2.45, 2.75) is 6.92 Å². The number of halogens is 1. The number of aromatic nitrogens is 2. The first-order valence-corrected chi connectivity index (χ1v) is 9.38. The summed E-state index contributed by atoms with van der Waals surface area (Å²) in [4.78, 5) is 25.0. The molecule has 0 aliphatic rings. The van der Waals surface area contributed by atoms with Crippen molar-refractivity contribution in [3.63, 3.8) is 0 Å². The molecule has 23 heavy (non-hydrogen) atoms. The van der Waals surface area contributed by atoms with Gasteiger partial charge < -0.3 is 4.74 Å². The fourth-order valence-corrected chi connectivity index (χ4v) is 3.68. The van der Waals surface area contributed by atoms with Crippen molar-refractivity contribution >= 4 is 46.5 Å². The van der Waals surface area contributed by atoms with Crippen LogP contribution in [0, 0.1) is 5.92 Å². The van der Waals surface area contributed by atoms with Crippen LogP contribution in [0.4, 0.5) is 0 Å². The summed E-state index contributed by atoms with van der Waals surface area (Å²) >= 11 is 8.96. The number of hydrogen-bond acceptors (Lipinski definition) is 6. The second-order valence-electron chi connectivity index (χ2n) is 4.70. The van der Waals surface area contributed by atoms with Gasteiger partial charge in [0.15, 0.2) is 11.1 Å². The molecule has 1 atom stereocenters. The normalized spacial score (nSPS) is 13.0. The van der Waals surface area contributed by atoms with Crippen molar-refractivity contribution in [1.82, 2.24) is 9.97 Å². The lowest BCUT2D eigenvalue weighted by Crippen LogP contribution is -2.17. The van der Waals surface area contributed by atoms with Crippen molar-refractivity contribution in [2.75, 3.05) is 19.1 Å². The Morgan fingerprint density at radius 2 is 2.35 bits per heavy atom. The van der Waals surface area contributed by atoms with Gasteiger partial charge in [0, 0.05) is 29.6 Å². The quantitative estimate of drug-likeness (QED) is 0.587. The monoisotopic (exact) mass is 369 g/mol. The zero-order valence-corrected chi connectivity index (χ0v) is 15.3. The SMILES string of the molecule is COC(=NC(=O)c1sc(-c2cccnc2)nc1Cl)C(C)CSC. The molecule has 8 heteroatoms. The van der Waals surface area contributed by atoms with Gasteiger partial charge in [-0.3, -0.25) is 9.78 Å². The summed E-state index contributed by atoms with van der Waals surface area (Å²) in [6.45, 7) is 1.96. The first kappa shape index (κ1) is 17.9. The van der Waals surface area contributed by atoms with Crippen LogP contribution in [0.1, 0.15) is 16.6 Å². The molecular weight excluding hydrogens is 354 g/mol. The highest BCUT2D eigenvalue weighted by atomic mass is 35.5. The molecule has 0 saturated heterocycles. The van der Waals surface area contributed by atoms with Crippen molar-refractivity contribution in [3.8, 4) is 10.6 Å². The average Bonchev–Trinajstić information content (AvgIpc) is 2.95. The number of hydrogen-bond donors (Lipinski definition) is 0. The van der Waals surface area contributed by atoms with Gasteiger partial charge in [0.2, 0.25) is 0 Å². The van der Waals surface area contributed by atoms with E-state index in [1.54, 1.807) is 30.2 Å². The predicted octanol–water partition coefficient (Wildman–Crippen LogP) is 4.04. The molecule has 5 nitrogen and oxygen atoms in total. The lowest BCUT2D eigenvalue weighted by atomic mass is 10.2. The molecule has 0 aliphatic heterocycles. The van der Waals surface area contributed by atoms with E-state index in [1.807, 2.05) is 19.2 Å². The van der Waals surface area contributed by atoms with Gasteiger partial charge in [-0.1, -0.05) is 18.5 Å². The van der Waals surface area contributed by atoms with Gasteiger partial charge in [-0.2, -0.15) is 16.8 Å². The largest absolute Gasteiger partial charge is 0.484 e. The molecule has 0 aromatic carbocycles. The number of thioether (sulfide) groups is 1. The summed E-state index contributed by atoms with van der Waals surface area (Å²) in [6.07, 6.45) is 5.34. The van der Waals surface area contributed by atoms with Gasteiger partial charge in [0.1, 0.15) is 9.88 Å². The minimum Gasteiger partial charge on any atom is -0.484 e. The Bertz CT molecular complexity index is 704. The molecule has 2 heterocycles. The zero-order chi connectivity index (χ0) is 16.8. The van der Waals surface area contributed by atoms with E-state index in [-0.39, 0.29) is 11.1 Å². The van der Waals surface area contributed by atoms with Crippen LogP contribution in [0.5, 0.6) is 0 Å². The van der Waals surface area contributed by atoms with Crippen LogP contribution in [0.15, 0.2) is 29.5 Å². The van der Waals surface area contributed by atoms with Crippen molar-refractivity contribution in [3.05, 3.63) is 34.6 Å². The van der Waals surface area contributed by atoms with E-state index in [1.165, 1.54) is 18.4 Å². The van der Waals surface area contributed by atoms with E-state index in [2.05, 4.69) is 15.0 Å². The van der Waals surface area contributed by atoms with E-state index in [0.717, 1.165) is 11.3 Å². The first-order chi connectivity index (χ1) is 11.1. The molecule has 2 aromatic rings. The van der Waals surface area contributed by atoms with Crippen molar-refractivity contribution in [2.24, 2.45) is 10.9 Å². The highest BCUT2D eigenvalue weighted by Crippen LogP contribution is 2.31. The number of carbonyl (C=O) groups is 1. The number of nitrogens with zero attached hydrogens (tertiary/aromatic N) is 3. The summed E-state index contributed by atoms with van der Waals surface area (Å²) in [5.41, 5.74) is 0.810. The van der Waals surface area contributed by atoms with Gasteiger partial charge in [-0.25, -0.2) is 4.98 Å². The molecule has 122 valence electrons. The number of amides is 1. The van der Waals surface area contributed by atoms with Crippen LogP contribution in [-0.2, 0) is 4.74 Å². The summed E-state index contributed by atoms with van der Waals surface area (Å²) < 4.78 is 5.24. The molecule has 1 unspecified atom stereocenters. The Labute approximate surface area is 148 Å². The van der Waals surface area contributed by atoms with Gasteiger partial charge in [-0.05, 0) is 18.4 Å².